The average molecular weight is 440 g/mol. The molecule has 5 unspecified atom stereocenters. The number of fused-ring (bicyclic) bond motifs is 1. The quantitative estimate of drug-likeness (QED) is 0.439. The lowest BCUT2D eigenvalue weighted by Crippen LogP contribution is -2.49. The Labute approximate surface area is 199 Å². The van der Waals surface area contributed by atoms with Gasteiger partial charge in [-0.15, -0.1) is 0 Å². The first-order chi connectivity index (χ1) is 15.0. The Bertz CT molecular complexity index is 697. The molecule has 1 nitrogen and oxygen atoms in total. The van der Waals surface area contributed by atoms with E-state index >= 15 is 0 Å². The maximum atomic E-state index is 10.9. The highest BCUT2D eigenvalue weighted by molar-refractivity contribution is 5.30. The second kappa shape index (κ2) is 9.59. The first-order valence-corrected chi connectivity index (χ1v) is 13.9. The zero-order valence-corrected chi connectivity index (χ0v) is 22.0. The number of hydrogen-bond acceptors (Lipinski definition) is 1. The monoisotopic (exact) mass is 439 g/mol. The molecular formula is C31H51O. The zero-order valence-electron chi connectivity index (χ0n) is 22.0. The van der Waals surface area contributed by atoms with Gasteiger partial charge in [0.05, 0.1) is 6.10 Å². The molecule has 4 aliphatic carbocycles. The molecule has 0 aromatic carbocycles. The van der Waals surface area contributed by atoms with E-state index in [-0.39, 0.29) is 6.10 Å². The summed E-state index contributed by atoms with van der Waals surface area (Å²) in [4.78, 5) is 0. The third kappa shape index (κ3) is 5.39. The molecule has 0 aromatic rings. The molecule has 0 spiro atoms. The smallest absolute Gasteiger partial charge is 0.0571 e. The van der Waals surface area contributed by atoms with Crippen molar-refractivity contribution in [1.29, 1.82) is 0 Å². The minimum Gasteiger partial charge on any atom is -0.393 e. The Hall–Kier alpha value is -0.560. The summed E-state index contributed by atoms with van der Waals surface area (Å²) in [6.45, 7) is 15.0. The van der Waals surface area contributed by atoms with E-state index in [4.69, 9.17) is 0 Å². The van der Waals surface area contributed by atoms with Gasteiger partial charge < -0.3 is 5.11 Å². The van der Waals surface area contributed by atoms with Crippen LogP contribution < -0.4 is 0 Å². The number of aliphatic hydroxyl groups excluding tert-OH is 1. The van der Waals surface area contributed by atoms with Crippen molar-refractivity contribution < 1.29 is 5.11 Å². The molecule has 0 bridgehead atoms. The fourth-order valence-electron chi connectivity index (χ4n) is 8.22. The van der Waals surface area contributed by atoms with Crippen LogP contribution in [0.2, 0.25) is 0 Å². The molecule has 32 heavy (non-hydrogen) atoms. The summed E-state index contributed by atoms with van der Waals surface area (Å²) in [5, 5.41) is 10.9. The van der Waals surface area contributed by atoms with Gasteiger partial charge in [0, 0.05) is 5.92 Å². The summed E-state index contributed by atoms with van der Waals surface area (Å²) >= 11 is 0. The van der Waals surface area contributed by atoms with Gasteiger partial charge in [-0.1, -0.05) is 71.8 Å². The fourth-order valence-corrected chi connectivity index (χ4v) is 8.22. The Morgan fingerprint density at radius 2 is 1.69 bits per heavy atom. The standard InChI is InChI=1S/C31H51O/c1-21-8-7-9-23(16-21)11-13-29(32)25-12-10-24(18-25)19-26-20-28-27(17-22(26)2)30(3,4)14-15-31(28,5)6/h7-8,16,22,24-29,32H,9-15,17-20H2,1-6H3/t22?,24-,25?,26?,27?,28+,29?/m1/s1. The molecule has 3 saturated carbocycles. The number of aliphatic hydroxyl groups is 1. The third-order valence-corrected chi connectivity index (χ3v) is 10.6. The van der Waals surface area contributed by atoms with Gasteiger partial charge in [0.25, 0.3) is 0 Å². The lowest BCUT2D eigenvalue weighted by atomic mass is 9.48. The van der Waals surface area contributed by atoms with Crippen molar-refractivity contribution in [2.24, 2.45) is 46.3 Å². The van der Waals surface area contributed by atoms with Gasteiger partial charge in [-0.2, -0.15) is 0 Å². The predicted octanol–water partition coefficient (Wildman–Crippen LogP) is 8.54. The van der Waals surface area contributed by atoms with Gasteiger partial charge in [-0.05, 0) is 111 Å². The zero-order chi connectivity index (χ0) is 23.1. The number of hydrogen-bond donors (Lipinski definition) is 1. The molecule has 0 amide bonds. The maximum absolute atomic E-state index is 10.9. The van der Waals surface area contributed by atoms with E-state index in [9.17, 15) is 5.11 Å². The van der Waals surface area contributed by atoms with Gasteiger partial charge in [-0.3, -0.25) is 0 Å². The van der Waals surface area contributed by atoms with E-state index in [1.807, 2.05) is 0 Å². The summed E-state index contributed by atoms with van der Waals surface area (Å²) in [6.07, 6.45) is 20.8. The number of rotatable bonds is 6. The van der Waals surface area contributed by atoms with E-state index in [2.05, 4.69) is 59.8 Å². The molecule has 4 aliphatic rings. The first-order valence-electron chi connectivity index (χ1n) is 13.9. The lowest BCUT2D eigenvalue weighted by Gasteiger charge is -2.57. The third-order valence-electron chi connectivity index (χ3n) is 10.6. The minimum atomic E-state index is -0.0988. The topological polar surface area (TPSA) is 20.2 Å². The molecule has 0 aromatic heterocycles. The van der Waals surface area contributed by atoms with Crippen LogP contribution in [-0.4, -0.2) is 11.2 Å². The first kappa shape index (κ1) is 24.6. The van der Waals surface area contributed by atoms with Gasteiger partial charge in [0.15, 0.2) is 0 Å². The largest absolute Gasteiger partial charge is 0.393 e. The summed E-state index contributed by atoms with van der Waals surface area (Å²) in [6, 6.07) is 0. The van der Waals surface area contributed by atoms with Crippen molar-refractivity contribution in [1.82, 2.24) is 0 Å². The second-order valence-corrected chi connectivity index (χ2v) is 13.8. The van der Waals surface area contributed by atoms with E-state index in [1.165, 1.54) is 62.9 Å². The Balaban J connectivity index is 1.28. The molecule has 1 N–H and O–H groups in total. The maximum Gasteiger partial charge on any atom is 0.0571 e. The average Bonchev–Trinajstić information content (AvgIpc) is 3.20. The highest BCUT2D eigenvalue weighted by Gasteiger charge is 2.51. The predicted molar refractivity (Wildman–Crippen MR) is 137 cm³/mol. The Kier molecular flexibility index (Phi) is 7.36. The Morgan fingerprint density at radius 3 is 2.38 bits per heavy atom. The van der Waals surface area contributed by atoms with Crippen LogP contribution in [-0.2, 0) is 0 Å². The lowest BCUT2D eigenvalue weighted by molar-refractivity contribution is -0.0782. The Morgan fingerprint density at radius 1 is 1.00 bits per heavy atom. The van der Waals surface area contributed by atoms with Crippen LogP contribution >= 0.6 is 0 Å². The van der Waals surface area contributed by atoms with Crippen LogP contribution in [0, 0.1) is 52.3 Å². The molecule has 0 heterocycles. The molecule has 1 heteroatoms. The summed E-state index contributed by atoms with van der Waals surface area (Å²) in [7, 11) is 0. The highest BCUT2D eigenvalue weighted by atomic mass is 16.3. The van der Waals surface area contributed by atoms with Crippen LogP contribution in [0.3, 0.4) is 0 Å². The highest BCUT2D eigenvalue weighted by Crippen LogP contribution is 2.60. The fraction of sp³-hybridized carbons (Fsp3) is 0.839. The van der Waals surface area contributed by atoms with Gasteiger partial charge >= 0.3 is 0 Å². The SMILES string of the molecule is C[C]1C=CCC(CCC(O)C2CC[C@@H](CC3C[C@H]4C(CC3C)C(C)(C)CCC4(C)C)C2)=C1. The van der Waals surface area contributed by atoms with E-state index in [1.54, 1.807) is 0 Å². The van der Waals surface area contributed by atoms with Crippen LogP contribution in [0.15, 0.2) is 23.8 Å². The van der Waals surface area contributed by atoms with Crippen LogP contribution in [0.5, 0.6) is 0 Å². The van der Waals surface area contributed by atoms with Crippen LogP contribution in [0.4, 0.5) is 0 Å². The van der Waals surface area contributed by atoms with Crippen molar-refractivity contribution in [3.8, 4) is 0 Å². The molecule has 3 fully saturated rings. The van der Waals surface area contributed by atoms with Crippen molar-refractivity contribution >= 4 is 0 Å². The molecule has 181 valence electrons. The number of allylic oxidation sites excluding steroid dienone is 4. The van der Waals surface area contributed by atoms with Crippen molar-refractivity contribution in [3.05, 3.63) is 29.7 Å². The van der Waals surface area contributed by atoms with E-state index < -0.39 is 0 Å². The van der Waals surface area contributed by atoms with Gasteiger partial charge in [-0.25, -0.2) is 0 Å². The van der Waals surface area contributed by atoms with Crippen molar-refractivity contribution in [2.45, 2.75) is 118 Å². The molecule has 7 atom stereocenters. The van der Waals surface area contributed by atoms with Crippen molar-refractivity contribution in [3.63, 3.8) is 0 Å². The van der Waals surface area contributed by atoms with Crippen LogP contribution in [0.25, 0.3) is 0 Å². The summed E-state index contributed by atoms with van der Waals surface area (Å²) < 4.78 is 0. The van der Waals surface area contributed by atoms with E-state index in [0.29, 0.717) is 16.7 Å². The van der Waals surface area contributed by atoms with Gasteiger partial charge in [0.2, 0.25) is 0 Å². The normalized spacial score (nSPS) is 40.0. The molecule has 4 rings (SSSR count). The van der Waals surface area contributed by atoms with E-state index in [0.717, 1.165) is 48.9 Å². The molecule has 1 radical (unpaired) electrons. The molecular weight excluding hydrogens is 388 g/mol. The second-order valence-electron chi connectivity index (χ2n) is 13.8. The van der Waals surface area contributed by atoms with Crippen LogP contribution in [0.1, 0.15) is 112 Å². The van der Waals surface area contributed by atoms with Gasteiger partial charge in [0.1, 0.15) is 0 Å². The summed E-state index contributed by atoms with van der Waals surface area (Å²) in [5.41, 5.74) is 2.55. The van der Waals surface area contributed by atoms with Crippen molar-refractivity contribution in [2.75, 3.05) is 0 Å². The molecule has 0 saturated heterocycles. The summed E-state index contributed by atoms with van der Waals surface area (Å²) in [5.74, 6) is 6.36. The molecule has 0 aliphatic heterocycles. The minimum absolute atomic E-state index is 0.0988.